The lowest BCUT2D eigenvalue weighted by Crippen LogP contribution is -2.52. The predicted molar refractivity (Wildman–Crippen MR) is 90.9 cm³/mol. The number of aliphatic hydroxyl groups is 1. The number of hydrogen-bond donors (Lipinski definition) is 2. The Kier molecular flexibility index (Phi) is 5.96. The van der Waals surface area contributed by atoms with Gasteiger partial charge in [-0.1, -0.05) is 12.1 Å². The molecule has 0 spiro atoms. The van der Waals surface area contributed by atoms with E-state index in [0.717, 1.165) is 38.0 Å². The zero-order valence-corrected chi connectivity index (χ0v) is 13.8. The van der Waals surface area contributed by atoms with Crippen LogP contribution in [0.25, 0.3) is 0 Å². The lowest BCUT2D eigenvalue weighted by molar-refractivity contribution is 0.0370. The van der Waals surface area contributed by atoms with Gasteiger partial charge < -0.3 is 15.0 Å². The molecule has 1 aromatic carbocycles. The highest BCUT2D eigenvalue weighted by Gasteiger charge is 2.27. The quantitative estimate of drug-likeness (QED) is 0.757. The molecule has 1 fully saturated rings. The van der Waals surface area contributed by atoms with Crippen molar-refractivity contribution >= 4 is 0 Å². The molecule has 130 valence electrons. The second-order valence-corrected chi connectivity index (χ2v) is 6.44. The fraction of sp³-hybridized carbons (Fsp3) is 0.500. The van der Waals surface area contributed by atoms with E-state index in [1.807, 2.05) is 18.6 Å². The molecule has 0 aliphatic carbocycles. The van der Waals surface area contributed by atoms with Gasteiger partial charge in [-0.25, -0.2) is 9.37 Å². The van der Waals surface area contributed by atoms with Crippen molar-refractivity contribution in [3.05, 3.63) is 54.4 Å². The van der Waals surface area contributed by atoms with Crippen LogP contribution in [-0.4, -0.2) is 51.3 Å². The second-order valence-electron chi connectivity index (χ2n) is 6.44. The van der Waals surface area contributed by atoms with Crippen molar-refractivity contribution in [2.45, 2.75) is 38.1 Å². The average Bonchev–Trinajstić information content (AvgIpc) is 3.07. The van der Waals surface area contributed by atoms with Crippen LogP contribution >= 0.6 is 0 Å². The van der Waals surface area contributed by atoms with Crippen LogP contribution in [0.2, 0.25) is 0 Å². The molecule has 0 unspecified atom stereocenters. The topological polar surface area (TPSA) is 53.3 Å². The summed E-state index contributed by atoms with van der Waals surface area (Å²) in [7, 11) is 0. The summed E-state index contributed by atoms with van der Waals surface area (Å²) < 4.78 is 15.3. The summed E-state index contributed by atoms with van der Waals surface area (Å²) >= 11 is 0. The zero-order valence-electron chi connectivity index (χ0n) is 13.8. The summed E-state index contributed by atoms with van der Waals surface area (Å²) in [5, 5.41) is 13.8. The largest absolute Gasteiger partial charge is 0.390 e. The number of piperidine rings is 1. The summed E-state index contributed by atoms with van der Waals surface area (Å²) in [6.45, 7) is 4.02. The molecule has 1 aliphatic rings. The third-order valence-electron chi connectivity index (χ3n) is 4.52. The van der Waals surface area contributed by atoms with E-state index in [4.69, 9.17) is 0 Å². The number of aliphatic hydroxyl groups excluding tert-OH is 1. The van der Waals surface area contributed by atoms with E-state index in [1.54, 1.807) is 18.3 Å². The molecule has 6 heteroatoms. The highest BCUT2D eigenvalue weighted by atomic mass is 19.1. The first-order valence-corrected chi connectivity index (χ1v) is 8.55. The third kappa shape index (κ3) is 4.87. The van der Waals surface area contributed by atoms with Gasteiger partial charge in [-0.05, 0) is 37.1 Å². The van der Waals surface area contributed by atoms with Crippen molar-refractivity contribution in [2.75, 3.05) is 19.6 Å². The Morgan fingerprint density at radius 2 is 2.29 bits per heavy atom. The maximum absolute atomic E-state index is 13.3. The normalized spacial score (nSPS) is 21.9. The SMILES string of the molecule is O[C@@H]1CN(Cc2cccc(F)c2)CC[C@H]1NCCCn1ccnc1. The number of benzene rings is 1. The fourth-order valence-corrected chi connectivity index (χ4v) is 3.24. The minimum atomic E-state index is -0.388. The van der Waals surface area contributed by atoms with Gasteiger partial charge in [-0.3, -0.25) is 4.90 Å². The smallest absolute Gasteiger partial charge is 0.123 e. The summed E-state index contributed by atoms with van der Waals surface area (Å²) in [5.41, 5.74) is 0.953. The number of β-amino-alcohol motifs (C(OH)–C–C–N with tert-alkyl or cyclic N) is 1. The Morgan fingerprint density at radius 3 is 3.04 bits per heavy atom. The molecule has 2 heterocycles. The van der Waals surface area contributed by atoms with Crippen molar-refractivity contribution in [1.29, 1.82) is 0 Å². The number of nitrogens with one attached hydrogen (secondary N) is 1. The van der Waals surface area contributed by atoms with Crippen LogP contribution in [0, 0.1) is 5.82 Å². The monoisotopic (exact) mass is 332 g/mol. The van der Waals surface area contributed by atoms with E-state index in [9.17, 15) is 9.50 Å². The molecule has 24 heavy (non-hydrogen) atoms. The van der Waals surface area contributed by atoms with E-state index < -0.39 is 0 Å². The van der Waals surface area contributed by atoms with E-state index in [1.165, 1.54) is 6.07 Å². The second kappa shape index (κ2) is 8.37. The molecule has 0 bridgehead atoms. The molecule has 2 aromatic rings. The minimum absolute atomic E-state index is 0.136. The van der Waals surface area contributed by atoms with Gasteiger partial charge in [0.05, 0.1) is 12.4 Å². The number of hydrogen-bond acceptors (Lipinski definition) is 4. The lowest BCUT2D eigenvalue weighted by Gasteiger charge is -2.36. The first kappa shape index (κ1) is 17.1. The summed E-state index contributed by atoms with van der Waals surface area (Å²) in [6.07, 6.45) is 7.08. The van der Waals surface area contributed by atoms with Gasteiger partial charge in [-0.2, -0.15) is 0 Å². The van der Waals surface area contributed by atoms with Gasteiger partial charge in [0.2, 0.25) is 0 Å². The predicted octanol–water partition coefficient (Wildman–Crippen LogP) is 1.64. The van der Waals surface area contributed by atoms with E-state index in [-0.39, 0.29) is 18.0 Å². The molecule has 2 N–H and O–H groups in total. The van der Waals surface area contributed by atoms with Crippen LogP contribution in [0.1, 0.15) is 18.4 Å². The molecule has 0 saturated carbocycles. The van der Waals surface area contributed by atoms with Gasteiger partial charge in [0.25, 0.3) is 0 Å². The molecule has 1 aromatic heterocycles. The summed E-state index contributed by atoms with van der Waals surface area (Å²) in [4.78, 5) is 6.21. The number of nitrogens with zero attached hydrogens (tertiary/aromatic N) is 3. The van der Waals surface area contributed by atoms with Gasteiger partial charge >= 0.3 is 0 Å². The molecule has 1 saturated heterocycles. The first-order valence-electron chi connectivity index (χ1n) is 8.55. The Bertz CT molecular complexity index is 619. The average molecular weight is 332 g/mol. The maximum Gasteiger partial charge on any atom is 0.123 e. The van der Waals surface area contributed by atoms with Crippen LogP contribution in [0.5, 0.6) is 0 Å². The van der Waals surface area contributed by atoms with Crippen LogP contribution in [0.4, 0.5) is 4.39 Å². The van der Waals surface area contributed by atoms with Crippen LogP contribution in [-0.2, 0) is 13.1 Å². The van der Waals surface area contributed by atoms with Crippen LogP contribution < -0.4 is 5.32 Å². The highest BCUT2D eigenvalue weighted by Crippen LogP contribution is 2.15. The lowest BCUT2D eigenvalue weighted by atomic mass is 10.0. The molecule has 1 aliphatic heterocycles. The van der Waals surface area contributed by atoms with Crippen LogP contribution in [0.15, 0.2) is 43.0 Å². The Morgan fingerprint density at radius 1 is 1.38 bits per heavy atom. The number of likely N-dealkylation sites (tertiary alicyclic amines) is 1. The number of aromatic nitrogens is 2. The van der Waals surface area contributed by atoms with Crippen molar-refractivity contribution in [3.63, 3.8) is 0 Å². The van der Waals surface area contributed by atoms with E-state index in [0.29, 0.717) is 13.1 Å². The first-order chi connectivity index (χ1) is 11.7. The molecule has 0 radical (unpaired) electrons. The van der Waals surface area contributed by atoms with E-state index in [2.05, 4.69) is 19.8 Å². The van der Waals surface area contributed by atoms with Crippen LogP contribution in [0.3, 0.4) is 0 Å². The van der Waals surface area contributed by atoms with Crippen molar-refractivity contribution < 1.29 is 9.50 Å². The molecular weight excluding hydrogens is 307 g/mol. The summed E-state index contributed by atoms with van der Waals surface area (Å²) in [5.74, 6) is -0.206. The van der Waals surface area contributed by atoms with Gasteiger partial charge in [-0.15, -0.1) is 0 Å². The maximum atomic E-state index is 13.3. The van der Waals surface area contributed by atoms with Crippen molar-refractivity contribution in [2.24, 2.45) is 0 Å². The fourth-order valence-electron chi connectivity index (χ4n) is 3.24. The number of rotatable bonds is 7. The molecular formula is C18H25FN4O. The highest BCUT2D eigenvalue weighted by molar-refractivity contribution is 5.16. The van der Waals surface area contributed by atoms with Gasteiger partial charge in [0.15, 0.2) is 0 Å². The third-order valence-corrected chi connectivity index (χ3v) is 4.52. The minimum Gasteiger partial charge on any atom is -0.390 e. The number of imidazole rings is 1. The summed E-state index contributed by atoms with van der Waals surface area (Å²) in [6, 6.07) is 6.81. The van der Waals surface area contributed by atoms with Gasteiger partial charge in [0.1, 0.15) is 5.82 Å². The number of aryl methyl sites for hydroxylation is 1. The zero-order chi connectivity index (χ0) is 16.8. The Labute approximate surface area is 142 Å². The van der Waals surface area contributed by atoms with Crippen molar-refractivity contribution in [3.8, 4) is 0 Å². The molecule has 5 nitrogen and oxygen atoms in total. The molecule has 2 atom stereocenters. The standard InChI is InChI=1S/C18H25FN4O/c19-16-4-1-3-15(11-16)12-23-9-5-17(18(24)13-23)21-6-2-8-22-10-7-20-14-22/h1,3-4,7,10-11,14,17-18,21,24H,2,5-6,8-9,12-13H2/t17-,18-/m1/s1. The van der Waals surface area contributed by atoms with Gasteiger partial charge in [0, 0.05) is 44.6 Å². The molecule has 3 rings (SSSR count). The van der Waals surface area contributed by atoms with E-state index >= 15 is 0 Å². The number of halogens is 1. The Hall–Kier alpha value is -1.76. The Balaban J connectivity index is 1.38. The molecule has 0 amide bonds. The van der Waals surface area contributed by atoms with Crippen molar-refractivity contribution in [1.82, 2.24) is 19.8 Å².